The summed E-state index contributed by atoms with van der Waals surface area (Å²) in [5, 5.41) is 57.7. The Morgan fingerprint density at radius 2 is 1.33 bits per heavy atom. The zero-order chi connectivity index (χ0) is 26.5. The summed E-state index contributed by atoms with van der Waals surface area (Å²) >= 11 is 0. The lowest BCUT2D eigenvalue weighted by Crippen LogP contribution is -2.52. The van der Waals surface area contributed by atoms with Crippen LogP contribution >= 0.6 is 0 Å². The maximum absolute atomic E-state index is 12.4. The van der Waals surface area contributed by atoms with E-state index in [0.29, 0.717) is 11.1 Å². The number of aliphatic carboxylic acids is 1. The van der Waals surface area contributed by atoms with Crippen LogP contribution in [0.3, 0.4) is 0 Å². The number of aromatic hydroxyl groups is 4. The highest BCUT2D eigenvalue weighted by atomic mass is 16.6. The summed E-state index contributed by atoms with van der Waals surface area (Å²) in [6.07, 6.45) is 1.27. The molecule has 1 fully saturated rings. The molecule has 190 valence electrons. The molecule has 1 aliphatic carbocycles. The first-order chi connectivity index (χ1) is 17.0. The van der Waals surface area contributed by atoms with Gasteiger partial charge < -0.3 is 40.1 Å². The van der Waals surface area contributed by atoms with Gasteiger partial charge in [-0.1, -0.05) is 12.1 Å². The summed E-state index contributed by atoms with van der Waals surface area (Å²) in [5.74, 6) is -4.92. The minimum atomic E-state index is -2.16. The smallest absolute Gasteiger partial charge is 0.348 e. The summed E-state index contributed by atoms with van der Waals surface area (Å²) in [5.41, 5.74) is -1.45. The van der Waals surface area contributed by atoms with Crippen molar-refractivity contribution in [3.05, 3.63) is 59.7 Å². The lowest BCUT2D eigenvalue weighted by molar-refractivity contribution is -0.192. The molecule has 0 spiro atoms. The predicted molar refractivity (Wildman–Crippen MR) is 124 cm³/mol. The molecule has 2 aromatic carbocycles. The van der Waals surface area contributed by atoms with Crippen molar-refractivity contribution in [1.29, 1.82) is 0 Å². The second-order valence-corrected chi connectivity index (χ2v) is 8.24. The fourth-order valence-corrected chi connectivity index (χ4v) is 3.74. The molecule has 0 radical (unpaired) electrons. The van der Waals surface area contributed by atoms with Crippen LogP contribution in [0.5, 0.6) is 23.0 Å². The molecule has 0 aromatic heterocycles. The Hall–Kier alpha value is -4.51. The standard InChI is InChI=1S/C25H24O11/c26-16-11-17(35-22(31)7-3-14-1-5-18(27)20(29)9-14)13-25(12-16,24(33)34)36-23(32)8-4-15-2-6-19(28)21(30)10-15/h1-10,16-17,26-30H,11-13H2,(H,33,34)/b7-3+,8-4+/t16-,17-,25-/m0/s1. The van der Waals surface area contributed by atoms with Gasteiger partial charge >= 0.3 is 17.9 Å². The minimum Gasteiger partial charge on any atom is -0.504 e. The summed E-state index contributed by atoms with van der Waals surface area (Å²) in [6.45, 7) is 0. The SMILES string of the molecule is O=C(/C=C/c1ccc(O)c(O)c1)O[C@H]1C[C@H](O)C[C@@](OC(=O)/C=C/c2ccc(O)c(O)c2)(C(=O)O)C1. The number of carboxylic acid groups (broad SMARTS) is 1. The Balaban J connectivity index is 1.68. The molecule has 0 bridgehead atoms. The number of aliphatic hydroxyl groups excluding tert-OH is 1. The van der Waals surface area contributed by atoms with Gasteiger partial charge in [-0.25, -0.2) is 14.4 Å². The number of hydrogen-bond acceptors (Lipinski definition) is 10. The average Bonchev–Trinajstić information content (AvgIpc) is 2.80. The summed E-state index contributed by atoms with van der Waals surface area (Å²) in [4.78, 5) is 36.7. The number of hydrogen-bond donors (Lipinski definition) is 6. The molecule has 2 aromatic rings. The molecule has 11 nitrogen and oxygen atoms in total. The van der Waals surface area contributed by atoms with Crippen molar-refractivity contribution in [1.82, 2.24) is 0 Å². The third-order valence-electron chi connectivity index (χ3n) is 5.45. The van der Waals surface area contributed by atoms with Gasteiger partial charge in [-0.05, 0) is 47.5 Å². The van der Waals surface area contributed by atoms with Gasteiger partial charge in [-0.2, -0.15) is 0 Å². The second kappa shape index (κ2) is 10.8. The van der Waals surface area contributed by atoms with Gasteiger partial charge in [0.25, 0.3) is 0 Å². The van der Waals surface area contributed by atoms with Gasteiger partial charge in [-0.15, -0.1) is 0 Å². The predicted octanol–water partition coefficient (Wildman–Crippen LogP) is 2.06. The highest BCUT2D eigenvalue weighted by molar-refractivity contribution is 5.91. The number of carbonyl (C=O) groups is 3. The van der Waals surface area contributed by atoms with Crippen LogP contribution in [0.2, 0.25) is 0 Å². The summed E-state index contributed by atoms with van der Waals surface area (Å²) in [6, 6.07) is 7.66. The molecule has 0 unspecified atom stereocenters. The van der Waals surface area contributed by atoms with Crippen LogP contribution in [0.1, 0.15) is 30.4 Å². The van der Waals surface area contributed by atoms with Crippen LogP contribution in [0, 0.1) is 0 Å². The van der Waals surface area contributed by atoms with E-state index in [1.807, 2.05) is 0 Å². The van der Waals surface area contributed by atoms with Crippen molar-refractivity contribution < 1.29 is 54.5 Å². The normalized spacial score (nSPS) is 21.9. The van der Waals surface area contributed by atoms with Crippen LogP contribution in [-0.2, 0) is 23.9 Å². The molecular weight excluding hydrogens is 476 g/mol. The van der Waals surface area contributed by atoms with Gasteiger partial charge in [0, 0.05) is 31.4 Å². The zero-order valence-electron chi connectivity index (χ0n) is 18.8. The van der Waals surface area contributed by atoms with E-state index in [1.54, 1.807) is 0 Å². The highest BCUT2D eigenvalue weighted by Crippen LogP contribution is 2.35. The second-order valence-electron chi connectivity index (χ2n) is 8.24. The van der Waals surface area contributed by atoms with E-state index in [4.69, 9.17) is 9.47 Å². The van der Waals surface area contributed by atoms with Gasteiger partial charge in [0.05, 0.1) is 6.10 Å². The molecule has 3 atom stereocenters. The molecule has 11 heteroatoms. The van der Waals surface area contributed by atoms with Crippen LogP contribution < -0.4 is 0 Å². The maximum Gasteiger partial charge on any atom is 0.348 e. The number of aliphatic hydroxyl groups is 1. The van der Waals surface area contributed by atoms with Crippen LogP contribution in [0.4, 0.5) is 0 Å². The topological polar surface area (TPSA) is 191 Å². The van der Waals surface area contributed by atoms with Crippen molar-refractivity contribution >= 4 is 30.1 Å². The van der Waals surface area contributed by atoms with Gasteiger partial charge in [0.15, 0.2) is 23.0 Å². The number of phenolic OH excluding ortho intramolecular Hbond substituents is 4. The van der Waals surface area contributed by atoms with Crippen molar-refractivity contribution in [2.45, 2.75) is 37.1 Å². The van der Waals surface area contributed by atoms with Gasteiger partial charge in [0.1, 0.15) is 6.10 Å². The quantitative estimate of drug-likeness (QED) is 0.185. The Labute approximate surface area is 204 Å². The van der Waals surface area contributed by atoms with Crippen LogP contribution in [-0.4, -0.2) is 66.4 Å². The first-order valence-corrected chi connectivity index (χ1v) is 10.7. The van der Waals surface area contributed by atoms with Crippen molar-refractivity contribution in [2.24, 2.45) is 0 Å². The third-order valence-corrected chi connectivity index (χ3v) is 5.45. The van der Waals surface area contributed by atoms with Gasteiger partial charge in [-0.3, -0.25) is 0 Å². The Morgan fingerprint density at radius 1 is 0.806 bits per heavy atom. The molecule has 6 N–H and O–H groups in total. The molecule has 36 heavy (non-hydrogen) atoms. The molecule has 0 amide bonds. The fraction of sp³-hybridized carbons (Fsp3) is 0.240. The summed E-state index contributed by atoms with van der Waals surface area (Å²) in [7, 11) is 0. The highest BCUT2D eigenvalue weighted by Gasteiger charge is 2.50. The van der Waals surface area contributed by atoms with Crippen molar-refractivity contribution in [3.8, 4) is 23.0 Å². The molecule has 0 aliphatic heterocycles. The average molecular weight is 500 g/mol. The van der Waals surface area contributed by atoms with E-state index in [0.717, 1.165) is 12.2 Å². The third kappa shape index (κ3) is 6.54. The zero-order valence-corrected chi connectivity index (χ0v) is 18.8. The monoisotopic (exact) mass is 500 g/mol. The molecule has 1 saturated carbocycles. The molecular formula is C25H24O11. The van der Waals surface area contributed by atoms with Gasteiger partial charge in [0.2, 0.25) is 5.60 Å². The largest absolute Gasteiger partial charge is 0.504 e. The Morgan fingerprint density at radius 3 is 1.83 bits per heavy atom. The number of carbonyl (C=O) groups excluding carboxylic acids is 2. The Kier molecular flexibility index (Phi) is 7.85. The van der Waals surface area contributed by atoms with E-state index >= 15 is 0 Å². The fourth-order valence-electron chi connectivity index (χ4n) is 3.74. The molecule has 3 rings (SSSR count). The first kappa shape index (κ1) is 26.1. The summed E-state index contributed by atoms with van der Waals surface area (Å²) < 4.78 is 10.5. The maximum atomic E-state index is 12.4. The van der Waals surface area contributed by atoms with E-state index < -0.39 is 54.3 Å². The lowest BCUT2D eigenvalue weighted by atomic mass is 9.81. The number of ether oxygens (including phenoxy) is 2. The number of phenols is 4. The van der Waals surface area contributed by atoms with Crippen LogP contribution in [0.15, 0.2) is 48.6 Å². The number of benzene rings is 2. The van der Waals surface area contributed by atoms with Crippen molar-refractivity contribution in [2.75, 3.05) is 0 Å². The first-order valence-electron chi connectivity index (χ1n) is 10.7. The van der Waals surface area contributed by atoms with E-state index in [-0.39, 0.29) is 23.7 Å². The van der Waals surface area contributed by atoms with Crippen molar-refractivity contribution in [3.63, 3.8) is 0 Å². The minimum absolute atomic E-state index is 0.0746. The number of rotatable bonds is 7. The van der Waals surface area contributed by atoms with Crippen LogP contribution in [0.25, 0.3) is 12.2 Å². The van der Waals surface area contributed by atoms with E-state index in [2.05, 4.69) is 0 Å². The number of carboxylic acids is 1. The Bertz CT molecular complexity index is 1220. The van der Waals surface area contributed by atoms with E-state index in [1.165, 1.54) is 48.6 Å². The van der Waals surface area contributed by atoms with E-state index in [9.17, 15) is 45.0 Å². The molecule has 0 heterocycles. The molecule has 1 aliphatic rings. The lowest BCUT2D eigenvalue weighted by Gasteiger charge is -2.38. The number of esters is 2. The molecule has 0 saturated heterocycles.